The maximum absolute atomic E-state index is 13.1. The van der Waals surface area contributed by atoms with Gasteiger partial charge in [-0.2, -0.15) is 0 Å². The number of carbonyl (C=O) groups excluding carboxylic acids is 1. The van der Waals surface area contributed by atoms with Crippen LogP contribution in [-0.4, -0.2) is 42.8 Å². The van der Waals surface area contributed by atoms with Crippen LogP contribution in [-0.2, 0) is 11.3 Å². The van der Waals surface area contributed by atoms with Crippen molar-refractivity contribution in [2.75, 3.05) is 22.6 Å². The van der Waals surface area contributed by atoms with Crippen LogP contribution in [0.2, 0.25) is 0 Å². The monoisotopic (exact) mass is 474 g/mol. The molecule has 0 aliphatic heterocycles. The van der Waals surface area contributed by atoms with Gasteiger partial charge in [0.05, 0.1) is 0 Å². The predicted molar refractivity (Wildman–Crippen MR) is 113 cm³/mol. The molecule has 1 amide bonds. The average molecular weight is 474 g/mol. The van der Waals surface area contributed by atoms with E-state index in [4.69, 9.17) is 4.74 Å². The molecule has 6 heteroatoms. The number of hydrogen-bond donors (Lipinski definition) is 0. The fourth-order valence-corrected chi connectivity index (χ4v) is 7.06. The van der Waals surface area contributed by atoms with Crippen LogP contribution in [0.25, 0.3) is 0 Å². The molecular formula is C20H28FIN2O2. The molecule has 0 bridgehead atoms. The molecule has 144 valence electrons. The van der Waals surface area contributed by atoms with Gasteiger partial charge in [0.1, 0.15) is 0 Å². The first-order valence-electron chi connectivity index (χ1n) is 8.87. The predicted octanol–water partition coefficient (Wildman–Crippen LogP) is 5.16. The zero-order chi connectivity index (χ0) is 18.9. The van der Waals surface area contributed by atoms with Crippen molar-refractivity contribution in [1.29, 1.82) is 0 Å². The summed E-state index contributed by atoms with van der Waals surface area (Å²) in [5, 5.41) is 0. The summed E-state index contributed by atoms with van der Waals surface area (Å²) in [5.41, 5.74) is 1.28. The van der Waals surface area contributed by atoms with E-state index in [1.165, 1.54) is 11.6 Å². The first-order chi connectivity index (χ1) is 12.5. The van der Waals surface area contributed by atoms with Crippen LogP contribution in [0.4, 0.5) is 9.18 Å². The molecule has 0 saturated carbocycles. The van der Waals surface area contributed by atoms with E-state index in [1.54, 1.807) is 12.2 Å². The number of nitrogens with zero attached hydrogens (tertiary/aromatic N) is 2. The molecule has 1 aliphatic carbocycles. The van der Waals surface area contributed by atoms with Crippen molar-refractivity contribution in [2.45, 2.75) is 33.0 Å². The molecule has 0 fully saturated rings. The van der Waals surface area contributed by atoms with E-state index in [-0.39, 0.29) is 12.5 Å². The first-order valence-corrected chi connectivity index (χ1v) is 13.5. The average Bonchev–Trinajstić information content (AvgIpc) is 2.64. The SMILES string of the molecule is CCN(Cc1ccccc1)CI(C)N(CC)C(=O)OC1=CCC(F)C=C1. The van der Waals surface area contributed by atoms with Crippen LogP contribution in [0.1, 0.15) is 25.8 Å². The first kappa shape index (κ1) is 20.9. The molecule has 0 radical (unpaired) electrons. The van der Waals surface area contributed by atoms with E-state index < -0.39 is 26.3 Å². The summed E-state index contributed by atoms with van der Waals surface area (Å²) in [5.74, 6) is 0.447. The molecular weight excluding hydrogens is 446 g/mol. The number of carbonyl (C=O) groups is 1. The van der Waals surface area contributed by atoms with E-state index in [9.17, 15) is 9.18 Å². The number of amides is 1. The summed E-state index contributed by atoms with van der Waals surface area (Å²) >= 11 is -1.71. The maximum atomic E-state index is 13.1. The number of halogens is 2. The summed E-state index contributed by atoms with van der Waals surface area (Å²) in [6, 6.07) is 10.4. The van der Waals surface area contributed by atoms with Crippen molar-refractivity contribution >= 4 is 26.2 Å². The van der Waals surface area contributed by atoms with Gasteiger partial charge in [-0.3, -0.25) is 0 Å². The fourth-order valence-electron chi connectivity index (χ4n) is 2.64. The van der Waals surface area contributed by atoms with E-state index in [1.807, 2.05) is 16.1 Å². The third-order valence-corrected chi connectivity index (χ3v) is 9.10. The Kier molecular flexibility index (Phi) is 8.58. The Bertz CT molecular complexity index is 636. The molecule has 26 heavy (non-hydrogen) atoms. The minimum absolute atomic E-state index is 0.264. The van der Waals surface area contributed by atoms with Gasteiger partial charge < -0.3 is 0 Å². The summed E-state index contributed by atoms with van der Waals surface area (Å²) in [6.07, 6.45) is 3.58. The number of rotatable bonds is 8. The summed E-state index contributed by atoms with van der Waals surface area (Å²) < 4.78 is 21.4. The molecule has 4 nitrogen and oxygen atoms in total. The van der Waals surface area contributed by atoms with Crippen LogP contribution in [0.3, 0.4) is 0 Å². The summed E-state index contributed by atoms with van der Waals surface area (Å²) in [4.78, 5) is 17.1. The molecule has 0 spiro atoms. The third kappa shape index (κ3) is 6.39. The van der Waals surface area contributed by atoms with E-state index >= 15 is 0 Å². The molecule has 1 atom stereocenters. The van der Waals surface area contributed by atoms with Gasteiger partial charge in [0.2, 0.25) is 0 Å². The second-order valence-corrected chi connectivity index (χ2v) is 11.1. The van der Waals surface area contributed by atoms with Gasteiger partial charge in [0.25, 0.3) is 0 Å². The molecule has 1 aromatic rings. The molecule has 1 aromatic carbocycles. The fraction of sp³-hybridized carbons (Fsp3) is 0.450. The van der Waals surface area contributed by atoms with E-state index in [0.717, 1.165) is 17.6 Å². The number of ether oxygens (including phenoxy) is 1. The standard InChI is InChI=1S/C20H28FIN2O2/c1-4-23(15-17-9-7-6-8-10-17)16-22(3)24(5-2)20(25)26-19-13-11-18(21)12-14-19/h6-11,13-14,18H,4-5,12,15-16H2,1-3H3. The zero-order valence-electron chi connectivity index (χ0n) is 15.7. The Hall–Kier alpha value is -1.41. The number of benzene rings is 1. The molecule has 1 unspecified atom stereocenters. The molecule has 1 aliphatic rings. The second-order valence-electron chi connectivity index (χ2n) is 6.07. The molecule has 0 heterocycles. The summed E-state index contributed by atoms with van der Waals surface area (Å²) in [6.45, 7) is 6.58. The number of alkyl halides is 3. The van der Waals surface area contributed by atoms with Crippen molar-refractivity contribution in [3.63, 3.8) is 0 Å². The Morgan fingerprint density at radius 2 is 2.00 bits per heavy atom. The van der Waals surface area contributed by atoms with Gasteiger partial charge in [-0.05, 0) is 0 Å². The van der Waals surface area contributed by atoms with Crippen molar-refractivity contribution in [1.82, 2.24) is 8.01 Å². The molecule has 0 saturated heterocycles. The Morgan fingerprint density at radius 3 is 2.58 bits per heavy atom. The van der Waals surface area contributed by atoms with Crippen LogP contribution in [0.15, 0.2) is 54.3 Å². The Morgan fingerprint density at radius 1 is 1.27 bits per heavy atom. The number of allylic oxidation sites excluding steroid dienone is 3. The second kappa shape index (κ2) is 10.7. The van der Waals surface area contributed by atoms with Crippen LogP contribution >= 0.6 is 20.1 Å². The van der Waals surface area contributed by atoms with Crippen molar-refractivity contribution in [2.24, 2.45) is 0 Å². The zero-order valence-corrected chi connectivity index (χ0v) is 17.9. The third-order valence-electron chi connectivity index (χ3n) is 4.08. The summed E-state index contributed by atoms with van der Waals surface area (Å²) in [7, 11) is 0. The normalized spacial score (nSPS) is 17.0. The Balaban J connectivity index is 1.92. The molecule has 2 rings (SSSR count). The Labute approximate surface area is 163 Å². The molecule has 0 aromatic heterocycles. The number of hydrogen-bond acceptors (Lipinski definition) is 3. The van der Waals surface area contributed by atoms with Crippen molar-refractivity contribution in [3.05, 3.63) is 59.9 Å². The van der Waals surface area contributed by atoms with Crippen LogP contribution in [0.5, 0.6) is 0 Å². The van der Waals surface area contributed by atoms with Gasteiger partial charge >= 0.3 is 164 Å². The van der Waals surface area contributed by atoms with Gasteiger partial charge in [0, 0.05) is 0 Å². The van der Waals surface area contributed by atoms with Crippen LogP contribution < -0.4 is 0 Å². The van der Waals surface area contributed by atoms with Crippen molar-refractivity contribution in [3.8, 4) is 0 Å². The quantitative estimate of drug-likeness (QED) is 0.226. The molecule has 0 N–H and O–H groups in total. The minimum atomic E-state index is -1.71. The van der Waals surface area contributed by atoms with E-state index in [0.29, 0.717) is 12.3 Å². The van der Waals surface area contributed by atoms with Crippen molar-refractivity contribution < 1.29 is 13.9 Å². The van der Waals surface area contributed by atoms with Gasteiger partial charge in [0.15, 0.2) is 0 Å². The van der Waals surface area contributed by atoms with Gasteiger partial charge in [-0.25, -0.2) is 0 Å². The van der Waals surface area contributed by atoms with Gasteiger partial charge in [-0.1, -0.05) is 0 Å². The topological polar surface area (TPSA) is 32.8 Å². The van der Waals surface area contributed by atoms with E-state index in [2.05, 4.69) is 41.0 Å². The van der Waals surface area contributed by atoms with Crippen LogP contribution in [0, 0.1) is 0 Å². The van der Waals surface area contributed by atoms with Gasteiger partial charge in [-0.15, -0.1) is 0 Å².